The number of alkyl halides is 3. The molecular formula is C22H19F3N2O2S. The van der Waals surface area contributed by atoms with Crippen LogP contribution in [0, 0.1) is 0 Å². The molecule has 0 bridgehead atoms. The minimum absolute atomic E-state index is 0.310. The molecule has 0 fully saturated rings. The number of hydrogen-bond acceptors (Lipinski definition) is 4. The van der Waals surface area contributed by atoms with E-state index in [0.717, 1.165) is 24.0 Å². The zero-order valence-electron chi connectivity index (χ0n) is 16.0. The predicted molar refractivity (Wildman–Crippen MR) is 111 cm³/mol. The van der Waals surface area contributed by atoms with E-state index in [0.29, 0.717) is 28.6 Å². The fourth-order valence-electron chi connectivity index (χ4n) is 2.69. The monoisotopic (exact) mass is 432 g/mol. The molecule has 3 aromatic rings. The van der Waals surface area contributed by atoms with Crippen molar-refractivity contribution in [2.75, 3.05) is 11.9 Å². The van der Waals surface area contributed by atoms with Crippen molar-refractivity contribution < 1.29 is 22.7 Å². The normalized spacial score (nSPS) is 12.3. The molecule has 1 N–H and O–H groups in total. The average Bonchev–Trinajstić information content (AvgIpc) is 2.74. The van der Waals surface area contributed by atoms with Gasteiger partial charge < -0.3 is 10.1 Å². The van der Waals surface area contributed by atoms with Crippen molar-refractivity contribution in [2.24, 2.45) is 0 Å². The number of benzene rings is 2. The topological polar surface area (TPSA) is 51.2 Å². The van der Waals surface area contributed by atoms with Crippen LogP contribution < -0.4 is 10.1 Å². The van der Waals surface area contributed by atoms with Gasteiger partial charge in [0.1, 0.15) is 11.0 Å². The van der Waals surface area contributed by atoms with Gasteiger partial charge in [0.05, 0.1) is 22.9 Å². The molecule has 0 saturated heterocycles. The number of rotatable bonds is 7. The van der Waals surface area contributed by atoms with E-state index in [1.807, 2.05) is 13.0 Å². The smallest absolute Gasteiger partial charge is 0.417 e. The summed E-state index contributed by atoms with van der Waals surface area (Å²) in [5.74, 6) is 0.206. The number of carbonyl (C=O) groups excluding carboxylic acids is 1. The van der Waals surface area contributed by atoms with E-state index in [9.17, 15) is 18.0 Å². The van der Waals surface area contributed by atoms with E-state index in [4.69, 9.17) is 4.74 Å². The number of pyridine rings is 1. The third kappa shape index (κ3) is 5.54. The van der Waals surface area contributed by atoms with Crippen molar-refractivity contribution >= 4 is 23.4 Å². The molecule has 8 heteroatoms. The van der Waals surface area contributed by atoms with E-state index in [1.54, 1.807) is 48.5 Å². The maximum atomic E-state index is 13.1. The van der Waals surface area contributed by atoms with E-state index in [2.05, 4.69) is 10.3 Å². The van der Waals surface area contributed by atoms with E-state index in [-0.39, 0.29) is 5.91 Å². The van der Waals surface area contributed by atoms with Crippen LogP contribution >= 0.6 is 11.8 Å². The zero-order valence-corrected chi connectivity index (χ0v) is 16.8. The number of amides is 1. The van der Waals surface area contributed by atoms with Crippen molar-refractivity contribution in [1.29, 1.82) is 0 Å². The minimum atomic E-state index is -4.46. The summed E-state index contributed by atoms with van der Waals surface area (Å²) in [7, 11) is 0. The van der Waals surface area contributed by atoms with Crippen molar-refractivity contribution in [1.82, 2.24) is 4.98 Å². The van der Waals surface area contributed by atoms with Crippen LogP contribution in [0.5, 0.6) is 5.75 Å². The number of carbonyl (C=O) groups is 1. The van der Waals surface area contributed by atoms with Gasteiger partial charge in [0.25, 0.3) is 0 Å². The SMILES string of the molecule is CCOc1ccccc1NC(=O)C(Sc1ccc(C(F)(F)F)cn1)c1ccccc1. The van der Waals surface area contributed by atoms with Crippen molar-refractivity contribution in [3.05, 3.63) is 84.1 Å². The van der Waals surface area contributed by atoms with Gasteiger partial charge in [0.2, 0.25) is 5.91 Å². The summed E-state index contributed by atoms with van der Waals surface area (Å²) >= 11 is 1.08. The Morgan fingerprint density at radius 2 is 1.77 bits per heavy atom. The van der Waals surface area contributed by atoms with Gasteiger partial charge in [0.15, 0.2) is 0 Å². The van der Waals surface area contributed by atoms with Gasteiger partial charge in [-0.2, -0.15) is 13.2 Å². The number of ether oxygens (including phenoxy) is 1. The van der Waals surface area contributed by atoms with Crippen LogP contribution in [0.3, 0.4) is 0 Å². The third-order valence-corrected chi connectivity index (χ3v) is 5.29. The molecular weight excluding hydrogens is 413 g/mol. The molecule has 0 radical (unpaired) electrons. The lowest BCUT2D eigenvalue weighted by Crippen LogP contribution is -2.19. The second-order valence-corrected chi connectivity index (χ2v) is 7.34. The van der Waals surface area contributed by atoms with Crippen LogP contribution in [0.2, 0.25) is 0 Å². The number of aromatic nitrogens is 1. The van der Waals surface area contributed by atoms with Gasteiger partial charge >= 0.3 is 6.18 Å². The molecule has 1 heterocycles. The van der Waals surface area contributed by atoms with Crippen molar-refractivity contribution in [3.63, 3.8) is 0 Å². The largest absolute Gasteiger partial charge is 0.492 e. The number of hydrogen-bond donors (Lipinski definition) is 1. The molecule has 1 unspecified atom stereocenters. The molecule has 0 saturated carbocycles. The summed E-state index contributed by atoms with van der Waals surface area (Å²) in [6.45, 7) is 2.29. The first kappa shape index (κ1) is 21.7. The number of nitrogens with one attached hydrogen (secondary N) is 1. The maximum Gasteiger partial charge on any atom is 0.417 e. The van der Waals surface area contributed by atoms with Gasteiger partial charge in [-0.3, -0.25) is 4.79 Å². The Labute approximate surface area is 176 Å². The van der Waals surface area contributed by atoms with Crippen LogP contribution in [0.4, 0.5) is 18.9 Å². The highest BCUT2D eigenvalue weighted by atomic mass is 32.2. The Morgan fingerprint density at radius 1 is 1.07 bits per heavy atom. The Morgan fingerprint density at radius 3 is 2.40 bits per heavy atom. The van der Waals surface area contributed by atoms with Crippen molar-refractivity contribution in [3.8, 4) is 5.75 Å². The van der Waals surface area contributed by atoms with Gasteiger partial charge in [-0.1, -0.05) is 54.2 Å². The first-order valence-corrected chi connectivity index (χ1v) is 10.0. The van der Waals surface area contributed by atoms with Gasteiger partial charge in [0, 0.05) is 6.20 Å². The van der Waals surface area contributed by atoms with Crippen LogP contribution in [-0.4, -0.2) is 17.5 Å². The Hall–Kier alpha value is -3.00. The van der Waals surface area contributed by atoms with E-state index in [1.165, 1.54) is 6.07 Å². The quantitative estimate of drug-likeness (QED) is 0.467. The first-order valence-electron chi connectivity index (χ1n) is 9.16. The predicted octanol–water partition coefficient (Wildman–Crippen LogP) is 5.97. The lowest BCUT2D eigenvalue weighted by atomic mass is 10.1. The van der Waals surface area contributed by atoms with E-state index < -0.39 is 17.0 Å². The zero-order chi connectivity index (χ0) is 21.6. The molecule has 156 valence electrons. The standard InChI is InChI=1S/C22H19F3N2O2S/c1-2-29-18-11-7-6-10-17(18)27-21(28)20(15-8-4-3-5-9-15)30-19-13-12-16(14-26-19)22(23,24)25/h3-14,20H,2H2,1H3,(H,27,28). The molecule has 0 spiro atoms. The van der Waals surface area contributed by atoms with E-state index >= 15 is 0 Å². The molecule has 1 atom stereocenters. The van der Waals surface area contributed by atoms with Gasteiger partial charge in [-0.25, -0.2) is 4.98 Å². The summed E-state index contributed by atoms with van der Waals surface area (Å²) in [4.78, 5) is 17.0. The molecule has 1 amide bonds. The third-order valence-electron chi connectivity index (χ3n) is 4.09. The lowest BCUT2D eigenvalue weighted by Gasteiger charge is -2.18. The summed E-state index contributed by atoms with van der Waals surface area (Å²) in [6, 6.07) is 18.3. The Kier molecular flexibility index (Phi) is 6.99. The average molecular weight is 432 g/mol. The van der Waals surface area contributed by atoms with Crippen LogP contribution in [0.15, 0.2) is 78.0 Å². The van der Waals surface area contributed by atoms with Crippen LogP contribution in [0.1, 0.15) is 23.3 Å². The summed E-state index contributed by atoms with van der Waals surface area (Å²) in [5.41, 5.74) is 0.389. The Balaban J connectivity index is 1.86. The highest BCUT2D eigenvalue weighted by Gasteiger charge is 2.31. The summed E-state index contributed by atoms with van der Waals surface area (Å²) in [5, 5.41) is 2.45. The highest BCUT2D eigenvalue weighted by Crippen LogP contribution is 2.37. The molecule has 30 heavy (non-hydrogen) atoms. The molecule has 0 aliphatic carbocycles. The van der Waals surface area contributed by atoms with Crippen LogP contribution in [0.25, 0.3) is 0 Å². The fraction of sp³-hybridized carbons (Fsp3) is 0.182. The number of anilines is 1. The summed E-state index contributed by atoms with van der Waals surface area (Å²) in [6.07, 6.45) is -3.69. The number of halogens is 3. The summed E-state index contributed by atoms with van der Waals surface area (Å²) < 4.78 is 43.9. The lowest BCUT2D eigenvalue weighted by molar-refractivity contribution is -0.137. The maximum absolute atomic E-state index is 13.1. The minimum Gasteiger partial charge on any atom is -0.492 e. The molecule has 3 rings (SSSR count). The van der Waals surface area contributed by atoms with Crippen LogP contribution in [-0.2, 0) is 11.0 Å². The first-order chi connectivity index (χ1) is 14.4. The highest BCUT2D eigenvalue weighted by molar-refractivity contribution is 8.00. The number of para-hydroxylation sites is 2. The second kappa shape index (κ2) is 9.67. The molecule has 4 nitrogen and oxygen atoms in total. The molecule has 0 aliphatic rings. The molecule has 0 aliphatic heterocycles. The van der Waals surface area contributed by atoms with Gasteiger partial charge in [-0.05, 0) is 36.8 Å². The molecule has 1 aromatic heterocycles. The molecule has 2 aromatic carbocycles. The fourth-order valence-corrected chi connectivity index (χ4v) is 3.65. The number of nitrogens with zero attached hydrogens (tertiary/aromatic N) is 1. The Bertz CT molecular complexity index is 980. The van der Waals surface area contributed by atoms with Crippen molar-refractivity contribution in [2.45, 2.75) is 23.4 Å². The van der Waals surface area contributed by atoms with Gasteiger partial charge in [-0.15, -0.1) is 0 Å². The number of thioether (sulfide) groups is 1. The second-order valence-electron chi connectivity index (χ2n) is 6.21.